The van der Waals surface area contributed by atoms with Crippen molar-refractivity contribution in [2.24, 2.45) is 5.73 Å². The second-order valence-corrected chi connectivity index (χ2v) is 6.25. The first-order valence-electron chi connectivity index (χ1n) is 7.19. The Labute approximate surface area is 122 Å². The van der Waals surface area contributed by atoms with Crippen molar-refractivity contribution >= 4 is 5.97 Å². The van der Waals surface area contributed by atoms with E-state index in [0.29, 0.717) is 0 Å². The van der Waals surface area contributed by atoms with Crippen LogP contribution in [0.25, 0.3) is 0 Å². The molecule has 0 aliphatic heterocycles. The third-order valence-corrected chi connectivity index (χ3v) is 4.28. The van der Waals surface area contributed by atoms with Crippen LogP contribution in [-0.4, -0.2) is 18.6 Å². The molecule has 3 heteroatoms. The molecule has 112 valence electrons. The zero-order valence-electron chi connectivity index (χ0n) is 13.3. The molecule has 20 heavy (non-hydrogen) atoms. The van der Waals surface area contributed by atoms with Gasteiger partial charge in [0.15, 0.2) is 0 Å². The van der Waals surface area contributed by atoms with Gasteiger partial charge in [0, 0.05) is 11.0 Å². The average molecular weight is 277 g/mol. The molecule has 1 aromatic carbocycles. The van der Waals surface area contributed by atoms with E-state index in [1.165, 1.54) is 12.7 Å². The van der Waals surface area contributed by atoms with Crippen LogP contribution in [-0.2, 0) is 21.4 Å². The van der Waals surface area contributed by atoms with Gasteiger partial charge < -0.3 is 10.5 Å². The minimum absolute atomic E-state index is 0.233. The van der Waals surface area contributed by atoms with Crippen LogP contribution in [0.2, 0.25) is 0 Å². The fraction of sp³-hybridized carbons (Fsp3) is 0.588. The van der Waals surface area contributed by atoms with Gasteiger partial charge in [0.2, 0.25) is 0 Å². The number of hydrogen-bond donors (Lipinski definition) is 1. The summed E-state index contributed by atoms with van der Waals surface area (Å²) in [6.45, 7) is 8.10. The van der Waals surface area contributed by atoms with E-state index in [2.05, 4.69) is 31.2 Å². The Morgan fingerprint density at radius 1 is 1.20 bits per heavy atom. The highest BCUT2D eigenvalue weighted by Crippen LogP contribution is 2.37. The monoisotopic (exact) mass is 277 g/mol. The maximum atomic E-state index is 11.7. The number of rotatable bonds is 6. The fourth-order valence-electron chi connectivity index (χ4n) is 2.39. The number of nitrogens with two attached hydrogens (primary N) is 1. The van der Waals surface area contributed by atoms with Gasteiger partial charge in [-0.05, 0) is 31.4 Å². The van der Waals surface area contributed by atoms with Gasteiger partial charge in [-0.2, -0.15) is 0 Å². The molecule has 0 saturated heterocycles. The summed E-state index contributed by atoms with van der Waals surface area (Å²) in [6.07, 6.45) is 2.47. The molecule has 0 spiro atoms. The summed E-state index contributed by atoms with van der Waals surface area (Å²) in [4.78, 5) is 11.7. The van der Waals surface area contributed by atoms with Crippen LogP contribution in [0.15, 0.2) is 24.3 Å². The molecule has 0 amide bonds. The highest BCUT2D eigenvalue weighted by molar-refractivity contribution is 5.71. The first-order valence-corrected chi connectivity index (χ1v) is 7.19. The SMILES string of the molecule is CCCc1ccc(C(C)(CC(=O)OC)C(C)(C)N)cc1. The minimum Gasteiger partial charge on any atom is -0.469 e. The summed E-state index contributed by atoms with van der Waals surface area (Å²) in [7, 11) is 1.41. The second-order valence-electron chi connectivity index (χ2n) is 6.25. The minimum atomic E-state index is -0.520. The van der Waals surface area contributed by atoms with E-state index in [1.54, 1.807) is 0 Å². The molecule has 2 N–H and O–H groups in total. The molecule has 3 nitrogen and oxygen atoms in total. The standard InChI is InChI=1S/C17H27NO2/c1-6-7-13-8-10-14(11-9-13)17(4,16(2,3)18)12-15(19)20-5/h8-11H,6-7,12,18H2,1-5H3. The van der Waals surface area contributed by atoms with Crippen LogP contribution in [0.5, 0.6) is 0 Å². The quantitative estimate of drug-likeness (QED) is 0.812. The zero-order valence-corrected chi connectivity index (χ0v) is 13.3. The van der Waals surface area contributed by atoms with E-state index in [4.69, 9.17) is 10.5 Å². The lowest BCUT2D eigenvalue weighted by Crippen LogP contribution is -2.53. The summed E-state index contributed by atoms with van der Waals surface area (Å²) >= 11 is 0. The summed E-state index contributed by atoms with van der Waals surface area (Å²) in [5.74, 6) is -0.233. The van der Waals surface area contributed by atoms with Gasteiger partial charge in [-0.25, -0.2) is 0 Å². The summed E-state index contributed by atoms with van der Waals surface area (Å²) < 4.78 is 4.83. The summed E-state index contributed by atoms with van der Waals surface area (Å²) in [6, 6.07) is 8.42. The maximum Gasteiger partial charge on any atom is 0.306 e. The van der Waals surface area contributed by atoms with Crippen LogP contribution >= 0.6 is 0 Å². The number of hydrogen-bond acceptors (Lipinski definition) is 3. The molecular formula is C17H27NO2. The Hall–Kier alpha value is -1.35. The van der Waals surface area contributed by atoms with Crippen LogP contribution in [0, 0.1) is 0 Å². The largest absolute Gasteiger partial charge is 0.469 e. The van der Waals surface area contributed by atoms with Crippen LogP contribution in [0.4, 0.5) is 0 Å². The number of esters is 1. The predicted molar refractivity (Wildman–Crippen MR) is 82.7 cm³/mol. The molecule has 0 saturated carbocycles. The zero-order chi connectivity index (χ0) is 15.4. The summed E-state index contributed by atoms with van der Waals surface area (Å²) in [5.41, 5.74) is 7.75. The third-order valence-electron chi connectivity index (χ3n) is 4.28. The molecule has 0 aliphatic carbocycles. The molecule has 0 heterocycles. The van der Waals surface area contributed by atoms with Crippen molar-refractivity contribution in [3.63, 3.8) is 0 Å². The highest BCUT2D eigenvalue weighted by Gasteiger charge is 2.41. The Bertz CT molecular complexity index is 445. The average Bonchev–Trinajstić information content (AvgIpc) is 2.38. The molecule has 1 aromatic rings. The van der Waals surface area contributed by atoms with Crippen molar-refractivity contribution < 1.29 is 9.53 Å². The third kappa shape index (κ3) is 3.60. The summed E-state index contributed by atoms with van der Waals surface area (Å²) in [5, 5.41) is 0. The van der Waals surface area contributed by atoms with Crippen LogP contribution < -0.4 is 5.73 Å². The van der Waals surface area contributed by atoms with E-state index < -0.39 is 11.0 Å². The van der Waals surface area contributed by atoms with E-state index >= 15 is 0 Å². The Balaban J connectivity index is 3.14. The lowest BCUT2D eigenvalue weighted by Gasteiger charge is -2.41. The normalized spacial score (nSPS) is 14.7. The number of aryl methyl sites for hydroxylation is 1. The molecule has 0 bridgehead atoms. The van der Waals surface area contributed by atoms with Gasteiger partial charge >= 0.3 is 5.97 Å². The Kier molecular flexibility index (Phi) is 5.35. The number of carbonyl (C=O) groups excluding carboxylic acids is 1. The molecule has 0 aliphatic rings. The van der Waals surface area contributed by atoms with E-state index in [1.807, 2.05) is 20.8 Å². The van der Waals surface area contributed by atoms with Gasteiger partial charge in [-0.1, -0.05) is 44.5 Å². The molecule has 0 radical (unpaired) electrons. The van der Waals surface area contributed by atoms with E-state index in [9.17, 15) is 4.79 Å². The van der Waals surface area contributed by atoms with Gasteiger partial charge in [0.05, 0.1) is 13.5 Å². The second kappa shape index (κ2) is 6.40. The van der Waals surface area contributed by atoms with Crippen molar-refractivity contribution in [2.45, 2.75) is 57.9 Å². The van der Waals surface area contributed by atoms with Crippen molar-refractivity contribution in [2.75, 3.05) is 7.11 Å². The Morgan fingerprint density at radius 3 is 2.15 bits per heavy atom. The van der Waals surface area contributed by atoms with Crippen LogP contribution in [0.3, 0.4) is 0 Å². The highest BCUT2D eigenvalue weighted by atomic mass is 16.5. The van der Waals surface area contributed by atoms with Gasteiger partial charge in [-0.3, -0.25) is 4.79 Å². The number of carbonyl (C=O) groups is 1. The molecule has 0 fully saturated rings. The fourth-order valence-corrected chi connectivity index (χ4v) is 2.39. The van der Waals surface area contributed by atoms with Crippen molar-refractivity contribution in [1.82, 2.24) is 0 Å². The van der Waals surface area contributed by atoms with Crippen molar-refractivity contribution in [3.8, 4) is 0 Å². The number of benzene rings is 1. The smallest absolute Gasteiger partial charge is 0.306 e. The van der Waals surface area contributed by atoms with Gasteiger partial charge in [-0.15, -0.1) is 0 Å². The Morgan fingerprint density at radius 2 is 1.75 bits per heavy atom. The number of methoxy groups -OCH3 is 1. The maximum absolute atomic E-state index is 11.7. The van der Waals surface area contributed by atoms with Crippen molar-refractivity contribution in [3.05, 3.63) is 35.4 Å². The lowest BCUT2D eigenvalue weighted by molar-refractivity contribution is -0.142. The van der Waals surface area contributed by atoms with Gasteiger partial charge in [0.25, 0.3) is 0 Å². The molecule has 1 unspecified atom stereocenters. The van der Waals surface area contributed by atoms with Gasteiger partial charge in [0.1, 0.15) is 0 Å². The molecule has 1 rings (SSSR count). The molecular weight excluding hydrogens is 250 g/mol. The predicted octanol–water partition coefficient (Wildman–Crippen LogP) is 3.20. The van der Waals surface area contributed by atoms with Crippen molar-refractivity contribution in [1.29, 1.82) is 0 Å². The topological polar surface area (TPSA) is 52.3 Å². The van der Waals surface area contributed by atoms with E-state index in [-0.39, 0.29) is 12.4 Å². The van der Waals surface area contributed by atoms with Crippen LogP contribution in [0.1, 0.15) is 51.7 Å². The first-order chi connectivity index (χ1) is 9.24. The molecule has 1 atom stereocenters. The first kappa shape index (κ1) is 16.7. The lowest BCUT2D eigenvalue weighted by atomic mass is 9.66. The number of ether oxygens (including phenoxy) is 1. The van der Waals surface area contributed by atoms with E-state index in [0.717, 1.165) is 18.4 Å². The molecule has 0 aromatic heterocycles.